The SMILES string of the molecule is FC(F)(F)CC(Cl)CCCc1ccccc1. The molecule has 0 fully saturated rings. The van der Waals surface area contributed by atoms with E-state index in [1.54, 1.807) is 0 Å². The minimum absolute atomic E-state index is 0.399. The van der Waals surface area contributed by atoms with Crippen LogP contribution in [0, 0.1) is 0 Å². The highest BCUT2D eigenvalue weighted by Gasteiger charge is 2.30. The van der Waals surface area contributed by atoms with Crippen LogP contribution in [0.4, 0.5) is 13.2 Å². The van der Waals surface area contributed by atoms with Crippen LogP contribution in [0.15, 0.2) is 30.3 Å². The molecule has 1 rings (SSSR count). The van der Waals surface area contributed by atoms with E-state index in [-0.39, 0.29) is 0 Å². The Hall–Kier alpha value is -0.700. The molecular formula is C12H14ClF3. The Balaban J connectivity index is 2.21. The first-order valence-corrected chi connectivity index (χ1v) is 5.66. The molecule has 0 saturated heterocycles. The third-order valence-electron chi connectivity index (χ3n) is 2.28. The van der Waals surface area contributed by atoms with E-state index in [1.807, 2.05) is 30.3 Å². The molecule has 0 amide bonds. The van der Waals surface area contributed by atoms with Gasteiger partial charge in [-0.2, -0.15) is 13.2 Å². The molecule has 16 heavy (non-hydrogen) atoms. The number of halogens is 4. The number of rotatable bonds is 5. The van der Waals surface area contributed by atoms with Crippen LogP contribution in [0.5, 0.6) is 0 Å². The Morgan fingerprint density at radius 1 is 1.12 bits per heavy atom. The van der Waals surface area contributed by atoms with Gasteiger partial charge in [-0.3, -0.25) is 0 Å². The first-order valence-electron chi connectivity index (χ1n) is 5.22. The Labute approximate surface area is 98.4 Å². The molecule has 0 nitrogen and oxygen atoms in total. The van der Waals surface area contributed by atoms with Crippen molar-refractivity contribution in [3.8, 4) is 0 Å². The summed E-state index contributed by atoms with van der Waals surface area (Å²) in [5.41, 5.74) is 1.14. The molecule has 1 aromatic carbocycles. The molecule has 1 atom stereocenters. The molecule has 0 aromatic heterocycles. The molecular weight excluding hydrogens is 237 g/mol. The standard InChI is InChI=1S/C12H14ClF3/c13-11(9-12(14,15)16)8-4-7-10-5-2-1-3-6-10/h1-3,5-6,11H,4,7-9H2. The maximum Gasteiger partial charge on any atom is 0.390 e. The van der Waals surface area contributed by atoms with Gasteiger partial charge in [0.25, 0.3) is 0 Å². The zero-order valence-corrected chi connectivity index (χ0v) is 9.56. The summed E-state index contributed by atoms with van der Waals surface area (Å²) in [6.07, 6.45) is -3.19. The number of aryl methyl sites for hydroxylation is 1. The van der Waals surface area contributed by atoms with Crippen molar-refractivity contribution in [2.24, 2.45) is 0 Å². The van der Waals surface area contributed by atoms with E-state index in [9.17, 15) is 13.2 Å². The van der Waals surface area contributed by atoms with Gasteiger partial charge in [0.1, 0.15) is 0 Å². The lowest BCUT2D eigenvalue weighted by molar-refractivity contribution is -0.134. The summed E-state index contributed by atoms with van der Waals surface area (Å²) in [5.74, 6) is 0. The van der Waals surface area contributed by atoms with E-state index in [4.69, 9.17) is 11.6 Å². The van der Waals surface area contributed by atoms with Crippen molar-refractivity contribution in [2.45, 2.75) is 37.2 Å². The van der Waals surface area contributed by atoms with Gasteiger partial charge in [-0.05, 0) is 24.8 Å². The third kappa shape index (κ3) is 6.01. The molecule has 4 heteroatoms. The quantitative estimate of drug-likeness (QED) is 0.672. The third-order valence-corrected chi connectivity index (χ3v) is 2.65. The van der Waals surface area contributed by atoms with Gasteiger partial charge in [-0.25, -0.2) is 0 Å². The second-order valence-electron chi connectivity index (χ2n) is 3.79. The second-order valence-corrected chi connectivity index (χ2v) is 4.41. The molecule has 0 bridgehead atoms. The normalized spacial score (nSPS) is 13.8. The largest absolute Gasteiger partial charge is 0.390 e. The predicted molar refractivity (Wildman–Crippen MR) is 59.7 cm³/mol. The summed E-state index contributed by atoms with van der Waals surface area (Å²) < 4.78 is 35.9. The van der Waals surface area contributed by atoms with Crippen LogP contribution in [0.25, 0.3) is 0 Å². The lowest BCUT2D eigenvalue weighted by Gasteiger charge is -2.11. The van der Waals surface area contributed by atoms with Crippen molar-refractivity contribution in [1.82, 2.24) is 0 Å². The molecule has 0 N–H and O–H groups in total. The molecule has 0 aliphatic heterocycles. The van der Waals surface area contributed by atoms with Crippen LogP contribution in [-0.4, -0.2) is 11.6 Å². The van der Waals surface area contributed by atoms with Crippen molar-refractivity contribution >= 4 is 11.6 Å². The number of benzene rings is 1. The van der Waals surface area contributed by atoms with Gasteiger partial charge >= 0.3 is 6.18 Å². The summed E-state index contributed by atoms with van der Waals surface area (Å²) in [5, 5.41) is -0.802. The first-order chi connectivity index (χ1) is 7.47. The van der Waals surface area contributed by atoms with E-state index < -0.39 is 18.0 Å². The highest BCUT2D eigenvalue weighted by atomic mass is 35.5. The lowest BCUT2D eigenvalue weighted by atomic mass is 10.1. The van der Waals surface area contributed by atoms with Gasteiger partial charge in [0.15, 0.2) is 0 Å². The summed E-state index contributed by atoms with van der Waals surface area (Å²) in [6, 6.07) is 9.68. The Morgan fingerprint density at radius 2 is 1.75 bits per heavy atom. The van der Waals surface area contributed by atoms with Gasteiger partial charge in [-0.1, -0.05) is 30.3 Å². The van der Waals surface area contributed by atoms with Crippen LogP contribution < -0.4 is 0 Å². The monoisotopic (exact) mass is 250 g/mol. The first kappa shape index (κ1) is 13.4. The van der Waals surface area contributed by atoms with Gasteiger partial charge < -0.3 is 0 Å². The minimum Gasteiger partial charge on any atom is -0.171 e. The molecule has 90 valence electrons. The topological polar surface area (TPSA) is 0 Å². The zero-order chi connectivity index (χ0) is 12.0. The van der Waals surface area contributed by atoms with Crippen LogP contribution in [0.3, 0.4) is 0 Å². The van der Waals surface area contributed by atoms with Gasteiger partial charge in [0.2, 0.25) is 0 Å². The fourth-order valence-electron chi connectivity index (χ4n) is 1.53. The molecule has 0 saturated carbocycles. The Morgan fingerprint density at radius 3 is 2.31 bits per heavy atom. The molecule has 1 aromatic rings. The molecule has 0 radical (unpaired) electrons. The summed E-state index contributed by atoms with van der Waals surface area (Å²) >= 11 is 5.61. The van der Waals surface area contributed by atoms with Crippen molar-refractivity contribution in [3.05, 3.63) is 35.9 Å². The summed E-state index contributed by atoms with van der Waals surface area (Å²) in [6.45, 7) is 0. The Bertz CT molecular complexity index is 295. The second kappa shape index (κ2) is 6.14. The van der Waals surface area contributed by atoms with Crippen LogP contribution in [0.1, 0.15) is 24.8 Å². The number of hydrogen-bond donors (Lipinski definition) is 0. The smallest absolute Gasteiger partial charge is 0.171 e. The summed E-state index contributed by atoms with van der Waals surface area (Å²) in [4.78, 5) is 0. The van der Waals surface area contributed by atoms with Crippen LogP contribution in [-0.2, 0) is 6.42 Å². The maximum absolute atomic E-state index is 12.0. The van der Waals surface area contributed by atoms with Crippen LogP contribution >= 0.6 is 11.6 Å². The maximum atomic E-state index is 12.0. The molecule has 0 heterocycles. The van der Waals surface area contributed by atoms with Gasteiger partial charge in [-0.15, -0.1) is 11.6 Å². The highest BCUT2D eigenvalue weighted by Crippen LogP contribution is 2.26. The fourth-order valence-corrected chi connectivity index (χ4v) is 1.85. The average molecular weight is 251 g/mol. The lowest BCUT2D eigenvalue weighted by Crippen LogP contribution is -2.15. The van der Waals surface area contributed by atoms with E-state index in [0.29, 0.717) is 12.8 Å². The van der Waals surface area contributed by atoms with Gasteiger partial charge in [0.05, 0.1) is 6.42 Å². The average Bonchev–Trinajstić information content (AvgIpc) is 2.16. The zero-order valence-electron chi connectivity index (χ0n) is 8.80. The van der Waals surface area contributed by atoms with Crippen molar-refractivity contribution in [2.75, 3.05) is 0 Å². The van der Waals surface area contributed by atoms with Crippen molar-refractivity contribution < 1.29 is 13.2 Å². The highest BCUT2D eigenvalue weighted by molar-refractivity contribution is 6.20. The number of hydrogen-bond acceptors (Lipinski definition) is 0. The van der Waals surface area contributed by atoms with Crippen LogP contribution in [0.2, 0.25) is 0 Å². The van der Waals surface area contributed by atoms with Crippen molar-refractivity contribution in [1.29, 1.82) is 0 Å². The Kier molecular flexibility index (Phi) is 5.13. The molecule has 0 spiro atoms. The predicted octanol–water partition coefficient (Wildman–Crippen LogP) is 4.57. The van der Waals surface area contributed by atoms with E-state index in [2.05, 4.69) is 0 Å². The number of alkyl halides is 4. The fraction of sp³-hybridized carbons (Fsp3) is 0.500. The molecule has 0 aliphatic rings. The molecule has 1 unspecified atom stereocenters. The van der Waals surface area contributed by atoms with Gasteiger partial charge in [0, 0.05) is 5.38 Å². The minimum atomic E-state index is -4.15. The summed E-state index contributed by atoms with van der Waals surface area (Å²) in [7, 11) is 0. The van der Waals surface area contributed by atoms with E-state index in [1.165, 1.54) is 0 Å². The molecule has 0 aliphatic carbocycles. The van der Waals surface area contributed by atoms with E-state index >= 15 is 0 Å². The van der Waals surface area contributed by atoms with E-state index in [0.717, 1.165) is 12.0 Å². The van der Waals surface area contributed by atoms with Crippen molar-refractivity contribution in [3.63, 3.8) is 0 Å².